The number of hydrogen-bond acceptors (Lipinski definition) is 5. The summed E-state index contributed by atoms with van der Waals surface area (Å²) < 4.78 is 0. The predicted octanol–water partition coefficient (Wildman–Crippen LogP) is 2.13. The molecule has 2 amide bonds. The first-order valence-electron chi connectivity index (χ1n) is 11.6. The van der Waals surface area contributed by atoms with E-state index >= 15 is 0 Å². The van der Waals surface area contributed by atoms with Crippen molar-refractivity contribution >= 4 is 25.0 Å². The summed E-state index contributed by atoms with van der Waals surface area (Å²) in [4.78, 5) is 31.1. The maximum Gasteiger partial charge on any atom is 0.239 e. The van der Waals surface area contributed by atoms with Gasteiger partial charge in [-0.05, 0) is 25.7 Å². The SMILES string of the molecule is CCCC[P+](CCCC)(CCCC)CCCC.NCC(=O)NCC(=O)NCC(=O)[O-]. The normalized spacial score (nSPS) is 10.7. The molecule has 0 rings (SSSR count). The van der Waals surface area contributed by atoms with Gasteiger partial charge in [-0.2, -0.15) is 0 Å². The lowest BCUT2D eigenvalue weighted by Crippen LogP contribution is -2.43. The molecule has 0 aliphatic rings. The van der Waals surface area contributed by atoms with Crippen molar-refractivity contribution in [1.82, 2.24) is 10.6 Å². The Morgan fingerprint density at radius 1 is 0.700 bits per heavy atom. The minimum absolute atomic E-state index is 0.215. The van der Waals surface area contributed by atoms with Gasteiger partial charge in [-0.1, -0.05) is 53.4 Å². The highest BCUT2D eigenvalue weighted by Crippen LogP contribution is 2.61. The van der Waals surface area contributed by atoms with Gasteiger partial charge < -0.3 is 26.3 Å². The topological polar surface area (TPSA) is 124 Å². The van der Waals surface area contributed by atoms with Gasteiger partial charge in [0, 0.05) is 7.26 Å². The van der Waals surface area contributed by atoms with Crippen molar-refractivity contribution in [2.24, 2.45) is 5.73 Å². The van der Waals surface area contributed by atoms with Crippen molar-refractivity contribution in [2.75, 3.05) is 44.3 Å². The monoisotopic (exact) mass is 447 g/mol. The number of amides is 2. The summed E-state index contributed by atoms with van der Waals surface area (Å²) in [6, 6.07) is 0. The van der Waals surface area contributed by atoms with E-state index in [0.717, 1.165) is 0 Å². The molecule has 0 radical (unpaired) electrons. The van der Waals surface area contributed by atoms with Crippen LogP contribution < -0.4 is 21.5 Å². The molecule has 0 aliphatic heterocycles. The Hall–Kier alpha value is -1.20. The second kappa shape index (κ2) is 21.0. The molecule has 0 bridgehead atoms. The van der Waals surface area contributed by atoms with Gasteiger partial charge in [-0.25, -0.2) is 0 Å². The smallest absolute Gasteiger partial charge is 0.239 e. The van der Waals surface area contributed by atoms with Crippen molar-refractivity contribution in [3.8, 4) is 0 Å². The van der Waals surface area contributed by atoms with E-state index in [4.69, 9.17) is 5.73 Å². The number of carbonyl (C=O) groups is 3. The summed E-state index contributed by atoms with van der Waals surface area (Å²) in [5.41, 5.74) is 4.93. The molecule has 0 aromatic rings. The summed E-state index contributed by atoms with van der Waals surface area (Å²) in [5.74, 6) is -2.48. The van der Waals surface area contributed by atoms with Gasteiger partial charge in [-0.15, -0.1) is 0 Å². The molecule has 0 aromatic heterocycles. The fourth-order valence-electron chi connectivity index (χ4n) is 3.13. The van der Waals surface area contributed by atoms with Gasteiger partial charge in [-0.3, -0.25) is 9.59 Å². The molecule has 0 aliphatic carbocycles. The highest BCUT2D eigenvalue weighted by molar-refractivity contribution is 7.75. The maximum absolute atomic E-state index is 10.7. The minimum Gasteiger partial charge on any atom is -0.548 e. The number of carboxylic acids is 1. The van der Waals surface area contributed by atoms with Gasteiger partial charge in [0.15, 0.2) is 0 Å². The van der Waals surface area contributed by atoms with Gasteiger partial charge in [0.05, 0.1) is 50.3 Å². The van der Waals surface area contributed by atoms with E-state index in [0.29, 0.717) is 0 Å². The molecule has 8 heteroatoms. The van der Waals surface area contributed by atoms with Gasteiger partial charge in [0.2, 0.25) is 11.8 Å². The van der Waals surface area contributed by atoms with Crippen LogP contribution in [0.5, 0.6) is 0 Å². The Balaban J connectivity index is 0. The van der Waals surface area contributed by atoms with Crippen LogP contribution >= 0.6 is 7.26 Å². The number of nitrogens with two attached hydrogens (primary N) is 1. The molecule has 0 aromatic carbocycles. The average Bonchev–Trinajstić information content (AvgIpc) is 2.75. The first-order valence-corrected chi connectivity index (χ1v) is 14.1. The van der Waals surface area contributed by atoms with Crippen molar-refractivity contribution in [1.29, 1.82) is 0 Å². The fourth-order valence-corrected chi connectivity index (χ4v) is 8.42. The number of carbonyl (C=O) groups excluding carboxylic acids is 3. The summed E-state index contributed by atoms with van der Waals surface area (Å²) in [5, 5.41) is 14.0. The van der Waals surface area contributed by atoms with Crippen LogP contribution in [-0.4, -0.2) is 62.1 Å². The van der Waals surface area contributed by atoms with E-state index < -0.39 is 31.6 Å². The van der Waals surface area contributed by atoms with Crippen molar-refractivity contribution in [3.63, 3.8) is 0 Å². The Morgan fingerprint density at radius 2 is 1.07 bits per heavy atom. The summed E-state index contributed by atoms with van der Waals surface area (Å²) in [7, 11) is -0.562. The third kappa shape index (κ3) is 18.8. The number of unbranched alkanes of at least 4 members (excludes halogenated alkanes) is 4. The molecule has 4 N–H and O–H groups in total. The zero-order chi connectivity index (χ0) is 23.3. The number of hydrogen-bond donors (Lipinski definition) is 3. The van der Waals surface area contributed by atoms with Crippen LogP contribution in [0.15, 0.2) is 0 Å². The van der Waals surface area contributed by atoms with Crippen molar-refractivity contribution in [3.05, 3.63) is 0 Å². The maximum atomic E-state index is 10.7. The first kappa shape index (κ1) is 31.0. The highest BCUT2D eigenvalue weighted by Gasteiger charge is 2.34. The van der Waals surface area contributed by atoms with Gasteiger partial charge in [0.25, 0.3) is 0 Å². The van der Waals surface area contributed by atoms with Crippen LogP contribution in [-0.2, 0) is 14.4 Å². The lowest BCUT2D eigenvalue weighted by molar-refractivity contribution is -0.304. The Labute approximate surface area is 184 Å². The van der Waals surface area contributed by atoms with Crippen LogP contribution in [0, 0.1) is 0 Å². The largest absolute Gasteiger partial charge is 0.548 e. The summed E-state index contributed by atoms with van der Waals surface area (Å²) in [6.45, 7) is 8.35. The minimum atomic E-state index is -1.39. The third-order valence-corrected chi connectivity index (χ3v) is 10.1. The van der Waals surface area contributed by atoms with Crippen LogP contribution in [0.4, 0.5) is 0 Å². The Morgan fingerprint density at radius 3 is 1.37 bits per heavy atom. The third-order valence-electron chi connectivity index (χ3n) is 5.01. The molecular formula is C22H46N3O4P. The molecule has 0 atom stereocenters. The zero-order valence-electron chi connectivity index (χ0n) is 19.8. The van der Waals surface area contributed by atoms with E-state index in [1.165, 1.54) is 51.4 Å². The molecule has 30 heavy (non-hydrogen) atoms. The van der Waals surface area contributed by atoms with Crippen molar-refractivity contribution < 1.29 is 19.5 Å². The van der Waals surface area contributed by atoms with E-state index in [1.54, 1.807) is 24.6 Å². The standard InChI is InChI=1S/C16H36P.C6H11N3O4/c1-5-9-13-17(14-10-6-2,15-11-7-3)16-12-8-4;7-1-4(10)8-2-5(11)9-3-6(12)13/h5-16H2,1-4H3;1-3,7H2,(H,8,10)(H,9,11)(H,12,13)/q+1;/p-1. The summed E-state index contributed by atoms with van der Waals surface area (Å²) >= 11 is 0. The zero-order valence-corrected chi connectivity index (χ0v) is 20.7. The molecule has 7 nitrogen and oxygen atoms in total. The van der Waals surface area contributed by atoms with Crippen molar-refractivity contribution in [2.45, 2.75) is 79.1 Å². The predicted molar refractivity (Wildman–Crippen MR) is 126 cm³/mol. The summed E-state index contributed by atoms with van der Waals surface area (Å²) in [6.07, 6.45) is 17.9. The number of nitrogens with one attached hydrogen (secondary N) is 2. The van der Waals surface area contributed by atoms with E-state index in [2.05, 4.69) is 33.0 Å². The number of aliphatic carboxylic acids is 1. The van der Waals surface area contributed by atoms with Gasteiger partial charge >= 0.3 is 0 Å². The van der Waals surface area contributed by atoms with Crippen LogP contribution in [0.1, 0.15) is 79.1 Å². The average molecular weight is 448 g/mol. The molecule has 0 heterocycles. The van der Waals surface area contributed by atoms with Gasteiger partial charge in [0.1, 0.15) is 0 Å². The fraction of sp³-hybridized carbons (Fsp3) is 0.864. The molecule has 178 valence electrons. The second-order valence-electron chi connectivity index (χ2n) is 7.78. The molecule has 0 unspecified atom stereocenters. The lowest BCUT2D eigenvalue weighted by Gasteiger charge is -2.28. The van der Waals surface area contributed by atoms with E-state index in [1.807, 2.05) is 5.32 Å². The molecular weight excluding hydrogens is 401 g/mol. The highest BCUT2D eigenvalue weighted by atomic mass is 31.2. The Bertz CT molecular complexity index is 424. The van der Waals surface area contributed by atoms with Crippen LogP contribution in [0.2, 0.25) is 0 Å². The number of rotatable bonds is 17. The first-order chi connectivity index (χ1) is 14.3. The molecule has 0 spiro atoms. The van der Waals surface area contributed by atoms with E-state index in [9.17, 15) is 19.5 Å². The lowest BCUT2D eigenvalue weighted by atomic mass is 10.4. The second-order valence-corrected chi connectivity index (χ2v) is 12.3. The molecule has 0 fully saturated rings. The molecule has 0 saturated carbocycles. The number of carboxylic acid groups (broad SMARTS) is 1. The Kier molecular flexibility index (Phi) is 21.7. The van der Waals surface area contributed by atoms with Crippen LogP contribution in [0.25, 0.3) is 0 Å². The quantitative estimate of drug-likeness (QED) is 0.295. The van der Waals surface area contributed by atoms with Crippen LogP contribution in [0.3, 0.4) is 0 Å². The van der Waals surface area contributed by atoms with E-state index in [-0.39, 0.29) is 13.1 Å². The molecule has 0 saturated heterocycles.